The largest absolute Gasteiger partial charge is 0.359 e. The third kappa shape index (κ3) is 2.49. The van der Waals surface area contributed by atoms with E-state index in [0.717, 1.165) is 12.5 Å². The fourth-order valence-corrected chi connectivity index (χ4v) is 4.40. The summed E-state index contributed by atoms with van der Waals surface area (Å²) in [6.07, 6.45) is 8.30. The lowest BCUT2D eigenvalue weighted by atomic mass is 9.83. The number of thioether (sulfide) groups is 1. The highest BCUT2D eigenvalue weighted by molar-refractivity contribution is 8.14. The molecule has 0 aromatic carbocycles. The Balaban J connectivity index is 1.54. The molecule has 2 saturated carbocycles. The standard InChI is InChI=1S/C14H24N2S/c1-13(2)8-11(13)9-15-12-16-14(10-17-12)6-4-3-5-7-14/h11H,3-10H2,1-2H3,(H,15,16). The zero-order chi connectivity index (χ0) is 11.9. The second kappa shape index (κ2) is 4.18. The van der Waals surface area contributed by atoms with Crippen LogP contribution in [0.25, 0.3) is 0 Å². The molecule has 2 nitrogen and oxygen atoms in total. The summed E-state index contributed by atoms with van der Waals surface area (Å²) in [6, 6.07) is 0. The normalized spacial score (nSPS) is 36.1. The molecule has 96 valence electrons. The zero-order valence-electron chi connectivity index (χ0n) is 11.1. The Morgan fingerprint density at radius 2 is 2.00 bits per heavy atom. The van der Waals surface area contributed by atoms with Gasteiger partial charge in [0.2, 0.25) is 0 Å². The second-order valence-corrected chi connectivity index (χ2v) is 7.75. The van der Waals surface area contributed by atoms with E-state index in [-0.39, 0.29) is 0 Å². The molecule has 1 atom stereocenters. The highest BCUT2D eigenvalue weighted by Gasteiger charge is 2.45. The Kier molecular flexibility index (Phi) is 2.92. The van der Waals surface area contributed by atoms with E-state index in [1.54, 1.807) is 0 Å². The van der Waals surface area contributed by atoms with Crippen LogP contribution < -0.4 is 5.32 Å². The molecule has 0 aromatic heterocycles. The average molecular weight is 252 g/mol. The highest BCUT2D eigenvalue weighted by atomic mass is 32.2. The smallest absolute Gasteiger partial charge is 0.157 e. The number of amidine groups is 1. The van der Waals surface area contributed by atoms with E-state index in [0.29, 0.717) is 11.0 Å². The van der Waals surface area contributed by atoms with Gasteiger partial charge in [0.15, 0.2) is 5.17 Å². The lowest BCUT2D eigenvalue weighted by Gasteiger charge is -2.32. The van der Waals surface area contributed by atoms with Crippen molar-refractivity contribution in [2.24, 2.45) is 16.3 Å². The van der Waals surface area contributed by atoms with E-state index in [1.165, 1.54) is 49.4 Å². The summed E-state index contributed by atoms with van der Waals surface area (Å²) >= 11 is 1.96. The van der Waals surface area contributed by atoms with Gasteiger partial charge in [-0.3, -0.25) is 4.99 Å². The molecular weight excluding hydrogens is 228 g/mol. The van der Waals surface area contributed by atoms with E-state index in [9.17, 15) is 0 Å². The average Bonchev–Trinajstić information content (AvgIpc) is 2.74. The lowest BCUT2D eigenvalue weighted by molar-refractivity contribution is 0.303. The van der Waals surface area contributed by atoms with Crippen LogP contribution in [0.15, 0.2) is 4.99 Å². The van der Waals surface area contributed by atoms with Crippen LogP contribution in [0.4, 0.5) is 0 Å². The molecule has 17 heavy (non-hydrogen) atoms. The third-order valence-corrected chi connectivity index (χ3v) is 6.04. The van der Waals surface area contributed by atoms with Gasteiger partial charge in [-0.1, -0.05) is 44.9 Å². The molecule has 0 aromatic rings. The van der Waals surface area contributed by atoms with Crippen LogP contribution in [0.1, 0.15) is 52.4 Å². The Morgan fingerprint density at radius 3 is 2.65 bits per heavy atom. The first-order valence-corrected chi connectivity index (χ1v) is 8.04. The molecule has 3 aliphatic rings. The number of aliphatic imine (C=N–C) groups is 1. The van der Waals surface area contributed by atoms with Gasteiger partial charge in [0.25, 0.3) is 0 Å². The molecule has 3 rings (SSSR count). The zero-order valence-corrected chi connectivity index (χ0v) is 11.9. The van der Waals surface area contributed by atoms with Gasteiger partial charge in [-0.15, -0.1) is 0 Å². The molecule has 1 spiro atoms. The van der Waals surface area contributed by atoms with E-state index < -0.39 is 0 Å². The highest BCUT2D eigenvalue weighted by Crippen LogP contribution is 2.51. The molecule has 3 fully saturated rings. The number of nitrogens with zero attached hydrogens (tertiary/aromatic N) is 1. The monoisotopic (exact) mass is 252 g/mol. The van der Waals surface area contributed by atoms with Crippen molar-refractivity contribution in [3.63, 3.8) is 0 Å². The third-order valence-electron chi connectivity index (χ3n) is 4.84. The van der Waals surface area contributed by atoms with Gasteiger partial charge in [-0.05, 0) is 30.6 Å². The fourth-order valence-electron chi connectivity index (χ4n) is 3.17. The summed E-state index contributed by atoms with van der Waals surface area (Å²) < 4.78 is 0. The summed E-state index contributed by atoms with van der Waals surface area (Å²) in [7, 11) is 0. The molecule has 0 amide bonds. The Labute approximate surface area is 109 Å². The maximum atomic E-state index is 4.80. The minimum atomic E-state index is 0.417. The van der Waals surface area contributed by atoms with E-state index >= 15 is 0 Å². The van der Waals surface area contributed by atoms with Gasteiger partial charge in [-0.25, -0.2) is 0 Å². The summed E-state index contributed by atoms with van der Waals surface area (Å²) in [5.74, 6) is 2.08. The molecule has 1 saturated heterocycles. The molecular formula is C14H24N2S. The molecule has 2 aliphatic carbocycles. The van der Waals surface area contributed by atoms with Crippen molar-refractivity contribution in [2.45, 2.75) is 57.9 Å². The topological polar surface area (TPSA) is 24.4 Å². The number of hydrogen-bond acceptors (Lipinski definition) is 2. The van der Waals surface area contributed by atoms with Crippen LogP contribution in [-0.2, 0) is 0 Å². The lowest BCUT2D eigenvalue weighted by Crippen LogP contribution is -2.45. The summed E-state index contributed by atoms with van der Waals surface area (Å²) in [5.41, 5.74) is 0.983. The summed E-state index contributed by atoms with van der Waals surface area (Å²) in [5, 5.41) is 4.96. The molecule has 3 heteroatoms. The predicted octanol–water partition coefficient (Wildman–Crippen LogP) is 3.43. The first-order valence-electron chi connectivity index (χ1n) is 7.05. The molecule has 1 heterocycles. The summed E-state index contributed by atoms with van der Waals surface area (Å²) in [4.78, 5) is 4.80. The van der Waals surface area contributed by atoms with Crippen molar-refractivity contribution in [3.05, 3.63) is 0 Å². The molecule has 0 radical (unpaired) electrons. The van der Waals surface area contributed by atoms with Gasteiger partial charge in [-0.2, -0.15) is 0 Å². The minimum Gasteiger partial charge on any atom is -0.359 e. The van der Waals surface area contributed by atoms with Gasteiger partial charge < -0.3 is 5.32 Å². The minimum absolute atomic E-state index is 0.417. The molecule has 1 aliphatic heterocycles. The first-order chi connectivity index (χ1) is 8.10. The molecule has 1 N–H and O–H groups in total. The van der Waals surface area contributed by atoms with Crippen LogP contribution in [0.5, 0.6) is 0 Å². The van der Waals surface area contributed by atoms with E-state index in [2.05, 4.69) is 19.2 Å². The van der Waals surface area contributed by atoms with Crippen molar-refractivity contribution in [2.75, 3.05) is 12.3 Å². The number of rotatable bonds is 2. The Morgan fingerprint density at radius 1 is 1.29 bits per heavy atom. The van der Waals surface area contributed by atoms with E-state index in [4.69, 9.17) is 4.99 Å². The first kappa shape index (κ1) is 11.9. The Hall–Kier alpha value is -0.180. The van der Waals surface area contributed by atoms with Crippen LogP contribution in [0.2, 0.25) is 0 Å². The SMILES string of the molecule is CC1(C)CC1CN=C1NC2(CCCCC2)CS1. The maximum Gasteiger partial charge on any atom is 0.157 e. The quantitative estimate of drug-likeness (QED) is 0.814. The molecule has 1 unspecified atom stereocenters. The fraction of sp³-hybridized carbons (Fsp3) is 0.929. The maximum absolute atomic E-state index is 4.80. The Bertz CT molecular complexity index is 329. The van der Waals surface area contributed by atoms with Gasteiger partial charge in [0, 0.05) is 17.8 Å². The van der Waals surface area contributed by atoms with Gasteiger partial charge >= 0.3 is 0 Å². The van der Waals surface area contributed by atoms with Crippen LogP contribution in [0, 0.1) is 11.3 Å². The van der Waals surface area contributed by atoms with Crippen molar-refractivity contribution < 1.29 is 0 Å². The number of hydrogen-bond donors (Lipinski definition) is 1. The van der Waals surface area contributed by atoms with Crippen molar-refractivity contribution in [3.8, 4) is 0 Å². The number of nitrogens with one attached hydrogen (secondary N) is 1. The molecule has 0 bridgehead atoms. The van der Waals surface area contributed by atoms with Gasteiger partial charge in [0.05, 0.1) is 0 Å². The van der Waals surface area contributed by atoms with Crippen molar-refractivity contribution in [1.82, 2.24) is 5.32 Å². The van der Waals surface area contributed by atoms with E-state index in [1.807, 2.05) is 11.8 Å². The van der Waals surface area contributed by atoms with Crippen molar-refractivity contribution in [1.29, 1.82) is 0 Å². The summed E-state index contributed by atoms with van der Waals surface area (Å²) in [6.45, 7) is 5.75. The van der Waals surface area contributed by atoms with Crippen LogP contribution >= 0.6 is 11.8 Å². The van der Waals surface area contributed by atoms with Crippen molar-refractivity contribution >= 4 is 16.9 Å². The van der Waals surface area contributed by atoms with Crippen LogP contribution in [0.3, 0.4) is 0 Å². The van der Waals surface area contributed by atoms with Crippen LogP contribution in [-0.4, -0.2) is 23.0 Å². The second-order valence-electron chi connectivity index (χ2n) is 6.79. The predicted molar refractivity (Wildman–Crippen MR) is 75.6 cm³/mol. The van der Waals surface area contributed by atoms with Gasteiger partial charge in [0.1, 0.15) is 0 Å².